The summed E-state index contributed by atoms with van der Waals surface area (Å²) in [5, 5.41) is 6.36. The van der Waals surface area contributed by atoms with E-state index in [1.165, 1.54) is 16.7 Å². The maximum absolute atomic E-state index is 11.9. The highest BCUT2D eigenvalue weighted by Gasteiger charge is 2.04. The van der Waals surface area contributed by atoms with Crippen molar-refractivity contribution in [2.75, 3.05) is 18.4 Å². The van der Waals surface area contributed by atoms with Crippen molar-refractivity contribution >= 4 is 11.6 Å². The van der Waals surface area contributed by atoms with E-state index >= 15 is 0 Å². The van der Waals surface area contributed by atoms with Crippen LogP contribution in [0, 0.1) is 13.8 Å². The van der Waals surface area contributed by atoms with E-state index in [4.69, 9.17) is 0 Å². The number of hydrogen-bond donors (Lipinski definition) is 2. The average molecular weight is 310 g/mol. The molecule has 0 aromatic heterocycles. The normalized spacial score (nSPS) is 10.3. The molecule has 3 heteroatoms. The summed E-state index contributed by atoms with van der Waals surface area (Å²) in [5.74, 6) is 0.108. The lowest BCUT2D eigenvalue weighted by Crippen LogP contribution is -2.26. The fourth-order valence-electron chi connectivity index (χ4n) is 2.65. The van der Waals surface area contributed by atoms with Gasteiger partial charge in [0.25, 0.3) is 0 Å². The number of carbonyl (C=O) groups is 1. The zero-order chi connectivity index (χ0) is 16.5. The smallest absolute Gasteiger partial charge is 0.221 e. The molecule has 0 spiro atoms. The number of carbonyl (C=O) groups excluding carboxylic acids is 1. The van der Waals surface area contributed by atoms with Crippen LogP contribution in [0.2, 0.25) is 0 Å². The van der Waals surface area contributed by atoms with Crippen molar-refractivity contribution < 1.29 is 4.79 Å². The molecule has 122 valence electrons. The fraction of sp³-hybridized carbons (Fsp3) is 0.350. The Morgan fingerprint density at radius 3 is 2.30 bits per heavy atom. The summed E-state index contributed by atoms with van der Waals surface area (Å²) < 4.78 is 0. The summed E-state index contributed by atoms with van der Waals surface area (Å²) >= 11 is 0. The Labute approximate surface area is 139 Å². The van der Waals surface area contributed by atoms with Gasteiger partial charge in [-0.05, 0) is 43.4 Å². The Balaban J connectivity index is 1.62. The number of anilines is 1. The number of rotatable bonds is 8. The lowest BCUT2D eigenvalue weighted by atomic mass is 10.1. The first-order valence-electron chi connectivity index (χ1n) is 8.27. The Morgan fingerprint density at radius 1 is 0.913 bits per heavy atom. The third-order valence-electron chi connectivity index (χ3n) is 3.94. The van der Waals surface area contributed by atoms with Crippen molar-refractivity contribution in [3.8, 4) is 0 Å². The standard InChI is InChI=1S/C20H26N2O/c1-16-8-6-9-17(2)20(16)22-15-13-19(23)21-14-7-12-18-10-4-3-5-11-18/h3-6,8-11,22H,7,12-15H2,1-2H3,(H,21,23). The van der Waals surface area contributed by atoms with E-state index in [1.807, 2.05) is 18.2 Å². The van der Waals surface area contributed by atoms with Crippen LogP contribution >= 0.6 is 0 Å². The van der Waals surface area contributed by atoms with Gasteiger partial charge in [0.2, 0.25) is 5.91 Å². The first-order valence-corrected chi connectivity index (χ1v) is 8.27. The Bertz CT molecular complexity index is 603. The van der Waals surface area contributed by atoms with E-state index in [9.17, 15) is 4.79 Å². The molecule has 23 heavy (non-hydrogen) atoms. The molecule has 2 aromatic rings. The topological polar surface area (TPSA) is 41.1 Å². The minimum Gasteiger partial charge on any atom is -0.384 e. The third kappa shape index (κ3) is 5.78. The van der Waals surface area contributed by atoms with Crippen molar-refractivity contribution in [1.29, 1.82) is 0 Å². The number of hydrogen-bond acceptors (Lipinski definition) is 2. The second kappa shape index (κ2) is 8.99. The van der Waals surface area contributed by atoms with E-state index in [1.54, 1.807) is 0 Å². The predicted octanol–water partition coefficient (Wildman–Crippen LogP) is 3.85. The predicted molar refractivity (Wildman–Crippen MR) is 96.8 cm³/mol. The zero-order valence-electron chi connectivity index (χ0n) is 14.1. The minimum absolute atomic E-state index is 0.108. The number of nitrogens with one attached hydrogen (secondary N) is 2. The van der Waals surface area contributed by atoms with Gasteiger partial charge < -0.3 is 10.6 Å². The van der Waals surface area contributed by atoms with Gasteiger partial charge in [-0.3, -0.25) is 4.79 Å². The van der Waals surface area contributed by atoms with Gasteiger partial charge in [0.1, 0.15) is 0 Å². The molecule has 0 bridgehead atoms. The third-order valence-corrected chi connectivity index (χ3v) is 3.94. The van der Waals surface area contributed by atoms with Crippen molar-refractivity contribution in [3.63, 3.8) is 0 Å². The molecule has 2 aromatic carbocycles. The van der Waals surface area contributed by atoms with Gasteiger partial charge in [-0.25, -0.2) is 0 Å². The molecular weight excluding hydrogens is 284 g/mol. The maximum Gasteiger partial charge on any atom is 0.221 e. The molecule has 0 aliphatic rings. The van der Waals surface area contributed by atoms with E-state index in [2.05, 4.69) is 54.8 Å². The molecule has 2 N–H and O–H groups in total. The highest BCUT2D eigenvalue weighted by molar-refractivity contribution is 5.76. The monoisotopic (exact) mass is 310 g/mol. The Kier molecular flexibility index (Phi) is 6.67. The Morgan fingerprint density at radius 2 is 1.61 bits per heavy atom. The van der Waals surface area contributed by atoms with E-state index < -0.39 is 0 Å². The summed E-state index contributed by atoms with van der Waals surface area (Å²) in [7, 11) is 0. The van der Waals surface area contributed by atoms with E-state index in [0.29, 0.717) is 13.0 Å². The molecule has 0 fully saturated rings. The average Bonchev–Trinajstić information content (AvgIpc) is 2.55. The van der Waals surface area contributed by atoms with Crippen molar-refractivity contribution in [2.45, 2.75) is 33.1 Å². The molecule has 0 aliphatic carbocycles. The van der Waals surface area contributed by atoms with Gasteiger partial charge in [0, 0.05) is 25.2 Å². The lowest BCUT2D eigenvalue weighted by molar-refractivity contribution is -0.120. The molecule has 0 saturated carbocycles. The number of para-hydroxylation sites is 1. The van der Waals surface area contributed by atoms with Crippen LogP contribution in [-0.2, 0) is 11.2 Å². The number of amides is 1. The fourth-order valence-corrected chi connectivity index (χ4v) is 2.65. The quantitative estimate of drug-likeness (QED) is 0.727. The molecule has 0 atom stereocenters. The highest BCUT2D eigenvalue weighted by atomic mass is 16.1. The van der Waals surface area contributed by atoms with Crippen molar-refractivity contribution in [3.05, 3.63) is 65.2 Å². The highest BCUT2D eigenvalue weighted by Crippen LogP contribution is 2.18. The van der Waals surface area contributed by atoms with Crippen LogP contribution in [0.3, 0.4) is 0 Å². The van der Waals surface area contributed by atoms with E-state index in [-0.39, 0.29) is 5.91 Å². The van der Waals surface area contributed by atoms with Gasteiger partial charge in [-0.15, -0.1) is 0 Å². The van der Waals surface area contributed by atoms with Crippen LogP contribution in [0.25, 0.3) is 0 Å². The molecule has 3 nitrogen and oxygen atoms in total. The molecule has 1 amide bonds. The van der Waals surface area contributed by atoms with Gasteiger partial charge in [0.05, 0.1) is 0 Å². The maximum atomic E-state index is 11.9. The van der Waals surface area contributed by atoms with Crippen LogP contribution in [0.4, 0.5) is 5.69 Å². The van der Waals surface area contributed by atoms with Gasteiger partial charge in [0.15, 0.2) is 0 Å². The van der Waals surface area contributed by atoms with Crippen LogP contribution in [0.15, 0.2) is 48.5 Å². The van der Waals surface area contributed by atoms with Gasteiger partial charge in [-0.1, -0.05) is 48.5 Å². The molecule has 2 rings (SSSR count). The zero-order valence-corrected chi connectivity index (χ0v) is 14.1. The Hall–Kier alpha value is -2.29. The number of aryl methyl sites for hydroxylation is 3. The second-order valence-corrected chi connectivity index (χ2v) is 5.88. The van der Waals surface area contributed by atoms with Gasteiger partial charge in [-0.2, -0.15) is 0 Å². The summed E-state index contributed by atoms with van der Waals surface area (Å²) in [5.41, 5.74) is 4.89. The van der Waals surface area contributed by atoms with Crippen LogP contribution in [0.5, 0.6) is 0 Å². The number of benzene rings is 2. The summed E-state index contributed by atoms with van der Waals surface area (Å²) in [6.07, 6.45) is 2.47. The molecule has 0 heterocycles. The molecule has 0 radical (unpaired) electrons. The summed E-state index contributed by atoms with van der Waals surface area (Å²) in [4.78, 5) is 11.9. The van der Waals surface area contributed by atoms with E-state index in [0.717, 1.165) is 25.1 Å². The first kappa shape index (κ1) is 17.1. The van der Waals surface area contributed by atoms with Crippen LogP contribution < -0.4 is 10.6 Å². The van der Waals surface area contributed by atoms with Crippen LogP contribution in [0.1, 0.15) is 29.5 Å². The van der Waals surface area contributed by atoms with Crippen molar-refractivity contribution in [2.24, 2.45) is 0 Å². The minimum atomic E-state index is 0.108. The summed E-state index contributed by atoms with van der Waals surface area (Å²) in [6, 6.07) is 16.6. The van der Waals surface area contributed by atoms with Crippen LogP contribution in [-0.4, -0.2) is 19.0 Å². The van der Waals surface area contributed by atoms with Gasteiger partial charge >= 0.3 is 0 Å². The molecular formula is C20H26N2O. The molecule has 0 saturated heterocycles. The molecule has 0 aliphatic heterocycles. The van der Waals surface area contributed by atoms with Crippen molar-refractivity contribution in [1.82, 2.24) is 5.32 Å². The largest absolute Gasteiger partial charge is 0.384 e. The lowest BCUT2D eigenvalue weighted by Gasteiger charge is -2.12. The summed E-state index contributed by atoms with van der Waals surface area (Å²) in [6.45, 7) is 5.56. The molecule has 0 unspecified atom stereocenters. The first-order chi connectivity index (χ1) is 11.2. The second-order valence-electron chi connectivity index (χ2n) is 5.88. The SMILES string of the molecule is Cc1cccc(C)c1NCCC(=O)NCCCc1ccccc1.